The van der Waals surface area contributed by atoms with Crippen LogP contribution in [0, 0.1) is 5.41 Å². The second-order valence-corrected chi connectivity index (χ2v) is 5.24. The monoisotopic (exact) mass is 218 g/mol. The Balaban J connectivity index is 2.38. The average molecular weight is 218 g/mol. The van der Waals surface area contributed by atoms with E-state index in [4.69, 9.17) is 5.73 Å². The Morgan fingerprint density at radius 1 is 1.50 bits per heavy atom. The molecule has 0 amide bonds. The molecule has 1 aliphatic carbocycles. The molecule has 1 aliphatic rings. The Hall–Kier alpha value is -1.35. The molecule has 0 aromatic carbocycles. The first-order chi connectivity index (χ1) is 7.48. The summed E-state index contributed by atoms with van der Waals surface area (Å²) < 4.78 is 0. The van der Waals surface area contributed by atoms with Crippen molar-refractivity contribution < 1.29 is 5.11 Å². The first-order valence-corrected chi connectivity index (χ1v) is 5.57. The van der Waals surface area contributed by atoms with E-state index in [1.54, 1.807) is 6.20 Å². The lowest BCUT2D eigenvalue weighted by Gasteiger charge is -2.32. The van der Waals surface area contributed by atoms with Gasteiger partial charge in [-0.1, -0.05) is 19.9 Å². The predicted molar refractivity (Wildman–Crippen MR) is 65.6 cm³/mol. The minimum atomic E-state index is -0.377. The van der Waals surface area contributed by atoms with Crippen LogP contribution in [0.15, 0.2) is 24.4 Å². The van der Waals surface area contributed by atoms with E-state index < -0.39 is 0 Å². The van der Waals surface area contributed by atoms with Crippen LogP contribution < -0.4 is 5.73 Å². The molecule has 3 N–H and O–H groups in total. The number of aliphatic hydroxyl groups is 1. The molecule has 1 aromatic rings. The van der Waals surface area contributed by atoms with Crippen LogP contribution in [0.4, 0.5) is 5.82 Å². The van der Waals surface area contributed by atoms with Crippen LogP contribution in [0.3, 0.4) is 0 Å². The van der Waals surface area contributed by atoms with Gasteiger partial charge in [-0.25, -0.2) is 4.98 Å². The molecule has 0 saturated heterocycles. The molecule has 0 fully saturated rings. The molecule has 16 heavy (non-hydrogen) atoms. The number of nitrogen functional groups attached to an aromatic ring is 1. The molecule has 0 spiro atoms. The highest BCUT2D eigenvalue weighted by Gasteiger charge is 2.28. The molecule has 0 radical (unpaired) electrons. The van der Waals surface area contributed by atoms with Crippen LogP contribution >= 0.6 is 0 Å². The quantitative estimate of drug-likeness (QED) is 0.760. The zero-order chi connectivity index (χ0) is 11.8. The molecule has 0 bridgehead atoms. The summed E-state index contributed by atoms with van der Waals surface area (Å²) >= 11 is 0. The first kappa shape index (κ1) is 11.1. The fraction of sp³-hybridized carbons (Fsp3) is 0.462. The van der Waals surface area contributed by atoms with Gasteiger partial charge in [-0.15, -0.1) is 0 Å². The largest absolute Gasteiger partial charge is 0.389 e. The number of nitrogens with zero attached hydrogens (tertiary/aromatic N) is 1. The second-order valence-electron chi connectivity index (χ2n) is 5.24. The van der Waals surface area contributed by atoms with Crippen molar-refractivity contribution >= 4 is 11.4 Å². The summed E-state index contributed by atoms with van der Waals surface area (Å²) in [4.78, 5) is 4.08. The van der Waals surface area contributed by atoms with Gasteiger partial charge < -0.3 is 10.8 Å². The summed E-state index contributed by atoms with van der Waals surface area (Å²) in [5.74, 6) is 0.540. The number of aliphatic hydroxyl groups excluding tert-OH is 1. The molecule has 2 rings (SSSR count). The maximum atomic E-state index is 9.83. The van der Waals surface area contributed by atoms with Crippen molar-refractivity contribution in [3.8, 4) is 0 Å². The number of rotatable bonds is 1. The zero-order valence-electron chi connectivity index (χ0n) is 9.77. The number of hydrogen-bond acceptors (Lipinski definition) is 3. The van der Waals surface area contributed by atoms with Crippen LogP contribution in [-0.4, -0.2) is 16.2 Å². The van der Waals surface area contributed by atoms with E-state index in [-0.39, 0.29) is 11.5 Å². The number of anilines is 1. The third kappa shape index (κ3) is 2.25. The van der Waals surface area contributed by atoms with Crippen molar-refractivity contribution in [2.75, 3.05) is 5.73 Å². The maximum Gasteiger partial charge on any atom is 0.130 e. The Morgan fingerprint density at radius 3 is 2.88 bits per heavy atom. The van der Waals surface area contributed by atoms with Gasteiger partial charge in [0.15, 0.2) is 0 Å². The summed E-state index contributed by atoms with van der Waals surface area (Å²) in [6, 6.07) is 3.84. The lowest BCUT2D eigenvalue weighted by atomic mass is 9.74. The molecule has 0 saturated carbocycles. The Kier molecular flexibility index (Phi) is 2.72. The van der Waals surface area contributed by atoms with Crippen LogP contribution in [0.2, 0.25) is 0 Å². The van der Waals surface area contributed by atoms with Crippen molar-refractivity contribution in [2.24, 2.45) is 5.41 Å². The van der Waals surface area contributed by atoms with Gasteiger partial charge in [0.05, 0.1) is 6.10 Å². The van der Waals surface area contributed by atoms with Gasteiger partial charge in [0.1, 0.15) is 5.82 Å². The highest BCUT2D eigenvalue weighted by molar-refractivity contribution is 5.74. The van der Waals surface area contributed by atoms with Gasteiger partial charge in [-0.2, -0.15) is 0 Å². The van der Waals surface area contributed by atoms with Gasteiger partial charge in [-0.05, 0) is 36.0 Å². The van der Waals surface area contributed by atoms with Crippen LogP contribution in [0.1, 0.15) is 32.3 Å². The molecule has 1 heterocycles. The average Bonchev–Trinajstić information content (AvgIpc) is 2.15. The van der Waals surface area contributed by atoms with Crippen LogP contribution in [0.25, 0.3) is 5.57 Å². The SMILES string of the molecule is CC1(C)CC(c2cccnc2N)=CC(O)C1. The summed E-state index contributed by atoms with van der Waals surface area (Å²) in [7, 11) is 0. The van der Waals surface area contributed by atoms with Crippen molar-refractivity contribution in [3.05, 3.63) is 30.0 Å². The van der Waals surface area contributed by atoms with Crippen molar-refractivity contribution in [3.63, 3.8) is 0 Å². The third-order valence-electron chi connectivity index (χ3n) is 3.01. The first-order valence-electron chi connectivity index (χ1n) is 5.57. The predicted octanol–water partition coefficient (Wildman–Crippen LogP) is 2.23. The van der Waals surface area contributed by atoms with E-state index in [0.717, 1.165) is 24.0 Å². The van der Waals surface area contributed by atoms with E-state index >= 15 is 0 Å². The maximum absolute atomic E-state index is 9.83. The second kappa shape index (κ2) is 3.91. The van der Waals surface area contributed by atoms with Crippen molar-refractivity contribution in [1.82, 2.24) is 4.98 Å². The van der Waals surface area contributed by atoms with Crippen LogP contribution in [-0.2, 0) is 0 Å². The van der Waals surface area contributed by atoms with Gasteiger partial charge >= 0.3 is 0 Å². The number of hydrogen-bond donors (Lipinski definition) is 2. The van der Waals surface area contributed by atoms with E-state index in [1.807, 2.05) is 18.2 Å². The zero-order valence-corrected chi connectivity index (χ0v) is 9.77. The van der Waals surface area contributed by atoms with Crippen molar-refractivity contribution in [1.29, 1.82) is 0 Å². The Labute approximate surface area is 96.0 Å². The fourth-order valence-corrected chi connectivity index (χ4v) is 2.38. The normalized spacial score (nSPS) is 23.9. The standard InChI is InChI=1S/C13H18N2O/c1-13(2)7-9(6-10(16)8-13)11-4-3-5-15-12(11)14/h3-6,10,16H,7-8H2,1-2H3,(H2,14,15). The molecule has 0 aliphatic heterocycles. The van der Waals surface area contributed by atoms with Gasteiger partial charge in [0, 0.05) is 11.8 Å². The Bertz CT molecular complexity index is 424. The highest BCUT2D eigenvalue weighted by atomic mass is 16.3. The van der Waals surface area contributed by atoms with E-state index in [1.165, 1.54) is 0 Å². The highest BCUT2D eigenvalue weighted by Crippen LogP contribution is 2.40. The molecular weight excluding hydrogens is 200 g/mol. The van der Waals surface area contributed by atoms with E-state index in [0.29, 0.717) is 5.82 Å². The number of aromatic nitrogens is 1. The van der Waals surface area contributed by atoms with Gasteiger partial charge in [0.25, 0.3) is 0 Å². The summed E-state index contributed by atoms with van der Waals surface area (Å²) in [6.07, 6.45) is 4.94. The minimum absolute atomic E-state index is 0.117. The van der Waals surface area contributed by atoms with Gasteiger partial charge in [-0.3, -0.25) is 0 Å². The molecular formula is C13H18N2O. The minimum Gasteiger partial charge on any atom is -0.389 e. The fourth-order valence-electron chi connectivity index (χ4n) is 2.38. The van der Waals surface area contributed by atoms with Crippen molar-refractivity contribution in [2.45, 2.75) is 32.8 Å². The summed E-state index contributed by atoms with van der Waals surface area (Å²) in [5, 5.41) is 9.83. The number of nitrogens with two attached hydrogens (primary N) is 1. The third-order valence-corrected chi connectivity index (χ3v) is 3.01. The van der Waals surface area contributed by atoms with E-state index in [2.05, 4.69) is 18.8 Å². The molecule has 1 atom stereocenters. The summed E-state index contributed by atoms with van der Waals surface area (Å²) in [5.41, 5.74) is 8.03. The summed E-state index contributed by atoms with van der Waals surface area (Å²) in [6.45, 7) is 4.32. The topological polar surface area (TPSA) is 59.1 Å². The number of pyridine rings is 1. The molecule has 3 heteroatoms. The molecule has 1 unspecified atom stereocenters. The Morgan fingerprint density at radius 2 is 2.25 bits per heavy atom. The van der Waals surface area contributed by atoms with Gasteiger partial charge in [0.2, 0.25) is 0 Å². The van der Waals surface area contributed by atoms with E-state index in [9.17, 15) is 5.11 Å². The number of allylic oxidation sites excluding steroid dienone is 1. The van der Waals surface area contributed by atoms with Crippen LogP contribution in [0.5, 0.6) is 0 Å². The molecule has 1 aromatic heterocycles. The lowest BCUT2D eigenvalue weighted by Crippen LogP contribution is -2.24. The molecule has 86 valence electrons. The smallest absolute Gasteiger partial charge is 0.130 e. The molecule has 3 nitrogen and oxygen atoms in total. The lowest BCUT2D eigenvalue weighted by molar-refractivity contribution is 0.146.